The predicted molar refractivity (Wildman–Crippen MR) is 77.0 cm³/mol. The fourth-order valence-corrected chi connectivity index (χ4v) is 3.81. The standard InChI is InChI=1S/C14H26N2S/c1-10(2)16(6-5-14(15)17)9-13-8-11-3-4-12(13)7-11/h10-13H,3-9H2,1-2H3,(H2,15,17). The zero-order valence-corrected chi connectivity index (χ0v) is 12.0. The topological polar surface area (TPSA) is 29.3 Å². The number of hydrogen-bond donors (Lipinski definition) is 1. The summed E-state index contributed by atoms with van der Waals surface area (Å²) in [6.07, 6.45) is 6.83. The average Bonchev–Trinajstić information content (AvgIpc) is 2.84. The van der Waals surface area contributed by atoms with Gasteiger partial charge in [0.25, 0.3) is 0 Å². The summed E-state index contributed by atoms with van der Waals surface area (Å²) in [7, 11) is 0. The molecule has 3 unspecified atom stereocenters. The fourth-order valence-electron chi connectivity index (χ4n) is 3.72. The molecule has 0 amide bonds. The quantitative estimate of drug-likeness (QED) is 0.739. The molecule has 3 heteroatoms. The third-order valence-electron chi connectivity index (χ3n) is 4.73. The number of thiocarbonyl (C=S) groups is 1. The van der Waals surface area contributed by atoms with Crippen LogP contribution in [0.1, 0.15) is 46.0 Å². The van der Waals surface area contributed by atoms with Crippen molar-refractivity contribution in [3.8, 4) is 0 Å². The van der Waals surface area contributed by atoms with E-state index in [9.17, 15) is 0 Å². The molecule has 0 saturated heterocycles. The fraction of sp³-hybridized carbons (Fsp3) is 0.929. The highest BCUT2D eigenvalue weighted by Crippen LogP contribution is 2.48. The van der Waals surface area contributed by atoms with E-state index in [2.05, 4.69) is 18.7 Å². The maximum absolute atomic E-state index is 5.61. The van der Waals surface area contributed by atoms with Gasteiger partial charge in [0, 0.05) is 25.6 Å². The summed E-state index contributed by atoms with van der Waals surface area (Å²) >= 11 is 4.99. The minimum absolute atomic E-state index is 0.614. The van der Waals surface area contributed by atoms with Crippen LogP contribution in [0.5, 0.6) is 0 Å². The van der Waals surface area contributed by atoms with Crippen molar-refractivity contribution in [2.45, 2.75) is 52.0 Å². The summed E-state index contributed by atoms with van der Waals surface area (Å²) in [5, 5.41) is 0. The number of nitrogens with zero attached hydrogens (tertiary/aromatic N) is 1. The van der Waals surface area contributed by atoms with Gasteiger partial charge in [-0.15, -0.1) is 0 Å². The van der Waals surface area contributed by atoms with Gasteiger partial charge in [-0.1, -0.05) is 18.6 Å². The van der Waals surface area contributed by atoms with Gasteiger partial charge in [-0.3, -0.25) is 0 Å². The zero-order chi connectivity index (χ0) is 12.4. The predicted octanol–water partition coefficient (Wildman–Crippen LogP) is 2.81. The molecule has 0 aromatic carbocycles. The Kier molecular flexibility index (Phi) is 4.42. The monoisotopic (exact) mass is 254 g/mol. The molecule has 98 valence electrons. The first kappa shape index (κ1) is 13.3. The first-order chi connectivity index (χ1) is 8.06. The lowest BCUT2D eigenvalue weighted by Gasteiger charge is -2.32. The molecular weight excluding hydrogens is 228 g/mol. The molecule has 0 aromatic rings. The number of hydrogen-bond acceptors (Lipinski definition) is 2. The molecule has 2 rings (SSSR count). The molecule has 2 saturated carbocycles. The van der Waals surface area contributed by atoms with Crippen molar-refractivity contribution in [2.75, 3.05) is 13.1 Å². The zero-order valence-electron chi connectivity index (χ0n) is 11.2. The second kappa shape index (κ2) is 5.66. The van der Waals surface area contributed by atoms with E-state index in [-0.39, 0.29) is 0 Å². The molecule has 0 aliphatic heterocycles. The molecule has 17 heavy (non-hydrogen) atoms. The van der Waals surface area contributed by atoms with Crippen molar-refractivity contribution in [1.82, 2.24) is 4.90 Å². The number of fused-ring (bicyclic) bond motifs is 2. The van der Waals surface area contributed by atoms with Crippen LogP contribution in [-0.4, -0.2) is 29.0 Å². The second-order valence-electron chi connectivity index (χ2n) is 6.24. The maximum atomic E-state index is 5.61. The molecule has 2 fully saturated rings. The first-order valence-corrected chi connectivity index (χ1v) is 7.49. The maximum Gasteiger partial charge on any atom is 0.0740 e. The summed E-state index contributed by atoms with van der Waals surface area (Å²) in [5.74, 6) is 3.02. The molecule has 0 radical (unpaired) electrons. The smallest absolute Gasteiger partial charge is 0.0740 e. The van der Waals surface area contributed by atoms with Crippen LogP contribution in [0.2, 0.25) is 0 Å². The van der Waals surface area contributed by atoms with E-state index in [1.165, 1.54) is 32.2 Å². The summed E-state index contributed by atoms with van der Waals surface area (Å²) in [5.41, 5.74) is 5.61. The van der Waals surface area contributed by atoms with Crippen LogP contribution in [0.15, 0.2) is 0 Å². The lowest BCUT2D eigenvalue weighted by atomic mass is 9.88. The van der Waals surface area contributed by atoms with Gasteiger partial charge in [0.05, 0.1) is 4.99 Å². The van der Waals surface area contributed by atoms with Crippen molar-refractivity contribution >= 4 is 17.2 Å². The van der Waals surface area contributed by atoms with Gasteiger partial charge >= 0.3 is 0 Å². The third kappa shape index (κ3) is 3.41. The average molecular weight is 254 g/mol. The van der Waals surface area contributed by atoms with Crippen molar-refractivity contribution < 1.29 is 0 Å². The Bertz CT molecular complexity index is 277. The van der Waals surface area contributed by atoms with Crippen LogP contribution in [0.4, 0.5) is 0 Å². The normalized spacial score (nSPS) is 31.6. The van der Waals surface area contributed by atoms with Crippen molar-refractivity contribution in [2.24, 2.45) is 23.5 Å². The highest BCUT2D eigenvalue weighted by molar-refractivity contribution is 7.80. The first-order valence-electron chi connectivity index (χ1n) is 7.08. The van der Waals surface area contributed by atoms with Gasteiger partial charge in [-0.2, -0.15) is 0 Å². The van der Waals surface area contributed by atoms with Crippen LogP contribution in [0, 0.1) is 17.8 Å². The Labute approximate surface area is 111 Å². The number of rotatable bonds is 6. The summed E-state index contributed by atoms with van der Waals surface area (Å²) in [4.78, 5) is 3.23. The Balaban J connectivity index is 1.83. The molecule has 2 bridgehead atoms. The van der Waals surface area contributed by atoms with Crippen molar-refractivity contribution in [3.63, 3.8) is 0 Å². The van der Waals surface area contributed by atoms with Gasteiger partial charge in [0.1, 0.15) is 0 Å². The molecule has 2 aliphatic carbocycles. The van der Waals surface area contributed by atoms with Crippen LogP contribution in [0.25, 0.3) is 0 Å². The summed E-state index contributed by atoms with van der Waals surface area (Å²) in [6.45, 7) is 6.88. The molecule has 0 heterocycles. The molecule has 0 spiro atoms. The van der Waals surface area contributed by atoms with E-state index in [1.54, 1.807) is 0 Å². The van der Waals surface area contributed by atoms with Crippen LogP contribution in [-0.2, 0) is 0 Å². The summed E-state index contributed by atoms with van der Waals surface area (Å²) < 4.78 is 0. The van der Waals surface area contributed by atoms with Crippen molar-refractivity contribution in [1.29, 1.82) is 0 Å². The van der Waals surface area contributed by atoms with E-state index in [0.29, 0.717) is 11.0 Å². The van der Waals surface area contributed by atoms with Gasteiger partial charge < -0.3 is 10.6 Å². The lowest BCUT2D eigenvalue weighted by molar-refractivity contribution is 0.161. The summed E-state index contributed by atoms with van der Waals surface area (Å²) in [6, 6.07) is 0.614. The van der Waals surface area contributed by atoms with E-state index < -0.39 is 0 Å². The van der Waals surface area contributed by atoms with Gasteiger partial charge in [-0.05, 0) is 50.9 Å². The highest BCUT2D eigenvalue weighted by atomic mass is 32.1. The molecule has 0 aromatic heterocycles. The lowest BCUT2D eigenvalue weighted by Crippen LogP contribution is -2.38. The number of nitrogens with two attached hydrogens (primary N) is 1. The van der Waals surface area contributed by atoms with Gasteiger partial charge in [-0.25, -0.2) is 0 Å². The minimum atomic E-state index is 0.614. The molecule has 2 nitrogen and oxygen atoms in total. The molecule has 2 aliphatic rings. The Morgan fingerprint density at radius 1 is 1.35 bits per heavy atom. The van der Waals surface area contributed by atoms with E-state index in [0.717, 1.165) is 30.7 Å². The van der Waals surface area contributed by atoms with Crippen molar-refractivity contribution in [3.05, 3.63) is 0 Å². The third-order valence-corrected chi connectivity index (χ3v) is 4.93. The Morgan fingerprint density at radius 2 is 2.12 bits per heavy atom. The van der Waals surface area contributed by atoms with E-state index >= 15 is 0 Å². The van der Waals surface area contributed by atoms with Crippen LogP contribution in [0.3, 0.4) is 0 Å². The Morgan fingerprint density at radius 3 is 2.59 bits per heavy atom. The van der Waals surface area contributed by atoms with E-state index in [1.807, 2.05) is 0 Å². The minimum Gasteiger partial charge on any atom is -0.393 e. The molecule has 3 atom stereocenters. The second-order valence-corrected chi connectivity index (χ2v) is 6.76. The van der Waals surface area contributed by atoms with E-state index in [4.69, 9.17) is 18.0 Å². The van der Waals surface area contributed by atoms with Crippen LogP contribution < -0.4 is 5.73 Å². The van der Waals surface area contributed by atoms with Crippen LogP contribution >= 0.6 is 12.2 Å². The molecular formula is C14H26N2S. The van der Waals surface area contributed by atoms with Gasteiger partial charge in [0.2, 0.25) is 0 Å². The highest BCUT2D eigenvalue weighted by Gasteiger charge is 2.40. The molecule has 2 N–H and O–H groups in total. The Hall–Kier alpha value is -0.150. The SMILES string of the molecule is CC(C)N(CCC(N)=S)CC1CC2CCC1C2. The largest absolute Gasteiger partial charge is 0.393 e. The van der Waals surface area contributed by atoms with Gasteiger partial charge in [0.15, 0.2) is 0 Å².